The Morgan fingerprint density at radius 1 is 0.492 bits per heavy atom. The molecule has 364 valence electrons. The number of allylic oxidation sites excluding steroid dienone is 10. The van der Waals surface area contributed by atoms with Crippen LogP contribution in [0.25, 0.3) is 0 Å². The Hall–Kier alpha value is -3.01. The Morgan fingerprint density at radius 3 is 1.35 bits per heavy atom. The normalized spacial score (nSPS) is 13.3. The fraction of sp³-hybridized carbons (Fsp3) is 0.759. The van der Waals surface area contributed by atoms with Crippen molar-refractivity contribution in [2.45, 2.75) is 219 Å². The van der Waals surface area contributed by atoms with Crippen molar-refractivity contribution in [1.29, 1.82) is 0 Å². The molecule has 0 aliphatic carbocycles. The molecule has 0 saturated carbocycles. The minimum atomic E-state index is -1.51. The van der Waals surface area contributed by atoms with E-state index in [1.54, 1.807) is 0 Å². The second kappa shape index (κ2) is 45.6. The number of carbonyl (C=O) groups is 3. The molecule has 9 nitrogen and oxygen atoms in total. The molecule has 0 aromatic carbocycles. The predicted molar refractivity (Wildman–Crippen MR) is 263 cm³/mol. The first-order valence-corrected chi connectivity index (χ1v) is 25.5. The van der Waals surface area contributed by atoms with Crippen LogP contribution >= 0.6 is 0 Å². The van der Waals surface area contributed by atoms with Crippen molar-refractivity contribution in [2.24, 2.45) is 0 Å². The predicted octanol–water partition coefficient (Wildman–Crippen LogP) is 14.1. The van der Waals surface area contributed by atoms with Crippen LogP contribution in [0, 0.1) is 0 Å². The van der Waals surface area contributed by atoms with Gasteiger partial charge in [-0.15, -0.1) is 0 Å². The van der Waals surface area contributed by atoms with Gasteiger partial charge in [0.15, 0.2) is 6.10 Å². The zero-order valence-electron chi connectivity index (χ0n) is 41.2. The Morgan fingerprint density at radius 2 is 0.905 bits per heavy atom. The highest BCUT2D eigenvalue weighted by Crippen LogP contribution is 2.15. The van der Waals surface area contributed by atoms with Gasteiger partial charge in [-0.25, -0.2) is 4.79 Å². The number of hydrogen-bond donors (Lipinski definition) is 1. The summed E-state index contributed by atoms with van der Waals surface area (Å²) in [5.41, 5.74) is 0. The van der Waals surface area contributed by atoms with E-state index in [9.17, 15) is 19.5 Å². The molecule has 9 heteroatoms. The maximum atomic E-state index is 12.8. The second-order valence-corrected chi connectivity index (χ2v) is 18.1. The number of carbonyl (C=O) groups excluding carboxylic acids is 2. The van der Waals surface area contributed by atoms with E-state index in [-0.39, 0.29) is 32.2 Å². The minimum Gasteiger partial charge on any atom is -0.477 e. The molecule has 0 saturated heterocycles. The first-order chi connectivity index (χ1) is 30.6. The van der Waals surface area contributed by atoms with Gasteiger partial charge in [0.05, 0.1) is 34.4 Å². The number of hydrogen-bond acceptors (Lipinski definition) is 7. The standard InChI is InChI=1S/C54H95NO8/c1-6-8-10-12-14-16-17-18-19-20-21-22-23-24-25-26-27-28-29-30-31-32-33-34-35-37-39-41-43-45-52(57)63-50(49-62-54(53(58)59)60-47-46-55(3,4)5)48-61-51(56)44-42-40-38-36-15-13-11-9-7-2/h8,10,14,16,18-19,21-22,24-25,50,54H,6-7,9,11-13,15,17,20,23,26-49H2,1-5H3/p+1/b10-8-,16-14-,19-18-,22-21-,25-24-. The lowest BCUT2D eigenvalue weighted by Gasteiger charge is -2.25. The number of ether oxygens (including phenoxy) is 4. The second-order valence-electron chi connectivity index (χ2n) is 18.1. The van der Waals surface area contributed by atoms with Crippen LogP contribution < -0.4 is 0 Å². The Labute approximate surface area is 386 Å². The van der Waals surface area contributed by atoms with Crippen LogP contribution in [-0.4, -0.2) is 87.4 Å². The highest BCUT2D eigenvalue weighted by Gasteiger charge is 2.25. The van der Waals surface area contributed by atoms with E-state index in [1.807, 2.05) is 21.1 Å². The van der Waals surface area contributed by atoms with Gasteiger partial charge in [-0.1, -0.05) is 197 Å². The lowest BCUT2D eigenvalue weighted by molar-refractivity contribution is -0.870. The number of quaternary nitrogens is 1. The van der Waals surface area contributed by atoms with E-state index in [0.29, 0.717) is 17.4 Å². The van der Waals surface area contributed by atoms with E-state index in [4.69, 9.17) is 18.9 Å². The molecule has 63 heavy (non-hydrogen) atoms. The number of aliphatic carboxylic acids is 1. The third-order valence-electron chi connectivity index (χ3n) is 10.8. The van der Waals surface area contributed by atoms with Gasteiger partial charge >= 0.3 is 17.9 Å². The summed E-state index contributed by atoms with van der Waals surface area (Å²) in [6, 6.07) is 0. The summed E-state index contributed by atoms with van der Waals surface area (Å²) < 4.78 is 22.7. The molecular formula is C54H96NO8+. The van der Waals surface area contributed by atoms with Crippen LogP contribution in [0.3, 0.4) is 0 Å². The largest absolute Gasteiger partial charge is 0.477 e. The molecule has 0 bridgehead atoms. The number of esters is 2. The van der Waals surface area contributed by atoms with Crippen LogP contribution in [0.1, 0.15) is 206 Å². The molecule has 0 spiro atoms. The summed E-state index contributed by atoms with van der Waals surface area (Å²) in [6.07, 6.45) is 53.0. The molecule has 0 radical (unpaired) electrons. The quantitative estimate of drug-likeness (QED) is 0.0212. The fourth-order valence-electron chi connectivity index (χ4n) is 6.86. The summed E-state index contributed by atoms with van der Waals surface area (Å²) in [5.74, 6) is -2.01. The third kappa shape index (κ3) is 46.8. The third-order valence-corrected chi connectivity index (χ3v) is 10.8. The molecule has 0 aliphatic heterocycles. The van der Waals surface area contributed by atoms with Gasteiger partial charge in [-0.3, -0.25) is 9.59 Å². The first kappa shape index (κ1) is 60.0. The van der Waals surface area contributed by atoms with Gasteiger partial charge in [0, 0.05) is 12.8 Å². The number of nitrogens with zero attached hydrogens (tertiary/aromatic N) is 1. The molecule has 0 aromatic heterocycles. The number of rotatable bonds is 46. The van der Waals surface area contributed by atoms with Gasteiger partial charge in [0.2, 0.25) is 0 Å². The molecule has 2 unspecified atom stereocenters. The van der Waals surface area contributed by atoms with Crippen molar-refractivity contribution in [3.8, 4) is 0 Å². The maximum absolute atomic E-state index is 12.8. The van der Waals surface area contributed by atoms with Gasteiger partial charge < -0.3 is 28.5 Å². The van der Waals surface area contributed by atoms with Crippen molar-refractivity contribution in [2.75, 3.05) is 47.5 Å². The van der Waals surface area contributed by atoms with Gasteiger partial charge in [-0.2, -0.15) is 0 Å². The molecule has 0 aliphatic rings. The summed E-state index contributed by atoms with van der Waals surface area (Å²) in [7, 11) is 5.95. The van der Waals surface area contributed by atoms with Crippen LogP contribution in [0.2, 0.25) is 0 Å². The zero-order valence-corrected chi connectivity index (χ0v) is 41.2. The summed E-state index contributed by atoms with van der Waals surface area (Å²) >= 11 is 0. The Balaban J connectivity index is 4.15. The smallest absolute Gasteiger partial charge is 0.361 e. The topological polar surface area (TPSA) is 108 Å². The molecule has 0 fully saturated rings. The van der Waals surface area contributed by atoms with Crippen molar-refractivity contribution >= 4 is 17.9 Å². The van der Waals surface area contributed by atoms with Crippen molar-refractivity contribution in [3.05, 3.63) is 60.8 Å². The first-order valence-electron chi connectivity index (χ1n) is 25.5. The summed E-state index contributed by atoms with van der Waals surface area (Å²) in [4.78, 5) is 37.1. The monoisotopic (exact) mass is 887 g/mol. The average Bonchev–Trinajstić information content (AvgIpc) is 3.24. The zero-order chi connectivity index (χ0) is 46.3. The molecule has 0 aromatic rings. The molecule has 2 atom stereocenters. The number of unbranched alkanes of at least 4 members (excludes halogenated alkanes) is 21. The number of carboxylic acid groups (broad SMARTS) is 1. The van der Waals surface area contributed by atoms with E-state index in [2.05, 4.69) is 74.6 Å². The molecule has 0 rings (SSSR count). The van der Waals surface area contributed by atoms with E-state index in [0.717, 1.165) is 70.6 Å². The lowest BCUT2D eigenvalue weighted by Crippen LogP contribution is -2.40. The van der Waals surface area contributed by atoms with Crippen LogP contribution in [0.15, 0.2) is 60.8 Å². The van der Waals surface area contributed by atoms with E-state index >= 15 is 0 Å². The van der Waals surface area contributed by atoms with Gasteiger partial charge in [-0.05, 0) is 57.8 Å². The van der Waals surface area contributed by atoms with Crippen LogP contribution in [-0.2, 0) is 33.3 Å². The maximum Gasteiger partial charge on any atom is 0.361 e. The van der Waals surface area contributed by atoms with Crippen molar-refractivity contribution in [1.82, 2.24) is 0 Å². The van der Waals surface area contributed by atoms with Crippen LogP contribution in [0.5, 0.6) is 0 Å². The van der Waals surface area contributed by atoms with Crippen LogP contribution in [0.4, 0.5) is 0 Å². The SMILES string of the molecule is CC/C=C\C/C=C\C/C=C\C/C=C\C/C=C\CCCCCCCCCCCCCCCC(=O)OC(COC(=O)CCCCCCCCCCC)COC(OCC[N+](C)(C)C)C(=O)O. The highest BCUT2D eigenvalue weighted by molar-refractivity contribution is 5.71. The fourth-order valence-corrected chi connectivity index (χ4v) is 6.86. The Kier molecular flexibility index (Phi) is 43.4. The summed E-state index contributed by atoms with van der Waals surface area (Å²) in [5, 5.41) is 9.64. The van der Waals surface area contributed by atoms with E-state index in [1.165, 1.54) is 109 Å². The molecule has 1 N–H and O–H groups in total. The number of likely N-dealkylation sites (N-methyl/N-ethyl adjacent to an activating group) is 1. The minimum absolute atomic E-state index is 0.182. The molecule has 0 heterocycles. The molecular weight excluding hydrogens is 791 g/mol. The average molecular weight is 887 g/mol. The molecule has 0 amide bonds. The van der Waals surface area contributed by atoms with Gasteiger partial charge in [0.1, 0.15) is 13.2 Å². The Bertz CT molecular complexity index is 1220. The van der Waals surface area contributed by atoms with E-state index < -0.39 is 24.3 Å². The number of carboxylic acids is 1. The highest BCUT2D eigenvalue weighted by atomic mass is 16.7. The van der Waals surface area contributed by atoms with Crippen molar-refractivity contribution < 1.29 is 42.9 Å². The van der Waals surface area contributed by atoms with Crippen molar-refractivity contribution in [3.63, 3.8) is 0 Å². The van der Waals surface area contributed by atoms with Gasteiger partial charge in [0.25, 0.3) is 6.29 Å². The summed E-state index contributed by atoms with van der Waals surface area (Å²) in [6.45, 7) is 4.73. The lowest BCUT2D eigenvalue weighted by atomic mass is 10.0.